The Balaban J connectivity index is 2.01. The van der Waals surface area contributed by atoms with Crippen molar-refractivity contribution >= 4 is 0 Å². The van der Waals surface area contributed by atoms with E-state index in [4.69, 9.17) is 0 Å². The number of hydrogen-bond donors (Lipinski definition) is 1. The predicted molar refractivity (Wildman–Crippen MR) is 58.6 cm³/mol. The van der Waals surface area contributed by atoms with Gasteiger partial charge in [-0.05, 0) is 19.8 Å². The summed E-state index contributed by atoms with van der Waals surface area (Å²) in [4.78, 5) is 8.93. The van der Waals surface area contributed by atoms with Crippen LogP contribution in [-0.4, -0.2) is 16.0 Å². The summed E-state index contributed by atoms with van der Waals surface area (Å²) in [5, 5.41) is 3.62. The van der Waals surface area contributed by atoms with Crippen LogP contribution in [0.2, 0.25) is 0 Å². The van der Waals surface area contributed by atoms with E-state index in [0.717, 1.165) is 12.4 Å². The zero-order valence-corrected chi connectivity index (χ0v) is 9.16. The molecule has 1 aromatic heterocycles. The second kappa shape index (κ2) is 3.56. The second-order valence-electron chi connectivity index (χ2n) is 4.71. The lowest BCUT2D eigenvalue weighted by Crippen LogP contribution is -2.41. The predicted octanol–water partition coefficient (Wildman–Crippen LogP) is 1.91. The van der Waals surface area contributed by atoms with Crippen molar-refractivity contribution in [3.8, 4) is 0 Å². The molecule has 3 nitrogen and oxygen atoms in total. The number of aryl methyl sites for hydroxylation is 1. The summed E-state index contributed by atoms with van der Waals surface area (Å²) in [5.41, 5.74) is 2.63. The Bertz CT molecular complexity index is 375. The number of fused-ring (bicyclic) bond motifs is 3. The van der Waals surface area contributed by atoms with Gasteiger partial charge in [-0.2, -0.15) is 0 Å². The molecule has 0 aromatic carbocycles. The lowest BCUT2D eigenvalue weighted by Gasteiger charge is -2.36. The molecule has 0 unspecified atom stereocenters. The van der Waals surface area contributed by atoms with E-state index in [-0.39, 0.29) is 0 Å². The van der Waals surface area contributed by atoms with Crippen LogP contribution >= 0.6 is 0 Å². The lowest BCUT2D eigenvalue weighted by atomic mass is 9.79. The molecular weight excluding hydrogens is 186 g/mol. The van der Waals surface area contributed by atoms with Crippen molar-refractivity contribution in [3.05, 3.63) is 23.3 Å². The third-order valence-electron chi connectivity index (χ3n) is 3.69. The average molecular weight is 203 g/mol. The van der Waals surface area contributed by atoms with Gasteiger partial charge in [0.25, 0.3) is 0 Å². The fourth-order valence-electron chi connectivity index (χ4n) is 2.91. The van der Waals surface area contributed by atoms with Gasteiger partial charge in [-0.15, -0.1) is 0 Å². The molecule has 1 fully saturated rings. The molecule has 1 aliphatic heterocycles. The van der Waals surface area contributed by atoms with Gasteiger partial charge in [-0.1, -0.05) is 12.8 Å². The Kier molecular flexibility index (Phi) is 2.20. The van der Waals surface area contributed by atoms with E-state index in [1.165, 1.54) is 36.9 Å². The summed E-state index contributed by atoms with van der Waals surface area (Å²) in [6.07, 6.45) is 7.32. The van der Waals surface area contributed by atoms with Gasteiger partial charge in [-0.3, -0.25) is 0 Å². The summed E-state index contributed by atoms with van der Waals surface area (Å²) < 4.78 is 0. The molecule has 15 heavy (non-hydrogen) atoms. The van der Waals surface area contributed by atoms with Gasteiger partial charge in [0.05, 0.1) is 5.69 Å². The van der Waals surface area contributed by atoms with Crippen LogP contribution < -0.4 is 5.32 Å². The van der Waals surface area contributed by atoms with Gasteiger partial charge in [-0.25, -0.2) is 9.97 Å². The molecule has 1 N–H and O–H groups in total. The van der Waals surface area contributed by atoms with Crippen LogP contribution in [-0.2, 0) is 6.54 Å². The minimum atomic E-state index is 0.643. The van der Waals surface area contributed by atoms with E-state index in [2.05, 4.69) is 15.3 Å². The monoisotopic (exact) mass is 203 g/mol. The first-order chi connectivity index (χ1) is 7.34. The zero-order valence-electron chi connectivity index (χ0n) is 9.16. The fourth-order valence-corrected chi connectivity index (χ4v) is 2.91. The highest BCUT2D eigenvalue weighted by molar-refractivity contribution is 5.26. The molecule has 0 bridgehead atoms. The fraction of sp³-hybridized carbons (Fsp3) is 0.667. The van der Waals surface area contributed by atoms with E-state index < -0.39 is 0 Å². The van der Waals surface area contributed by atoms with Crippen molar-refractivity contribution in [3.63, 3.8) is 0 Å². The number of hydrogen-bond acceptors (Lipinski definition) is 3. The first-order valence-electron chi connectivity index (χ1n) is 5.90. The van der Waals surface area contributed by atoms with Crippen molar-refractivity contribution in [1.29, 1.82) is 0 Å². The largest absolute Gasteiger partial charge is 0.309 e. The maximum absolute atomic E-state index is 4.65. The van der Waals surface area contributed by atoms with E-state index in [1.54, 1.807) is 0 Å². The van der Waals surface area contributed by atoms with Crippen molar-refractivity contribution in [1.82, 2.24) is 15.3 Å². The Hall–Kier alpha value is -0.960. The summed E-state index contributed by atoms with van der Waals surface area (Å²) in [5.74, 6) is 1.56. The van der Waals surface area contributed by atoms with Crippen LogP contribution in [0.1, 0.15) is 48.7 Å². The molecule has 1 aromatic rings. The highest BCUT2D eigenvalue weighted by atomic mass is 15.0. The van der Waals surface area contributed by atoms with Gasteiger partial charge in [0, 0.05) is 30.3 Å². The van der Waals surface area contributed by atoms with E-state index >= 15 is 0 Å². The highest BCUT2D eigenvalue weighted by Crippen LogP contribution is 2.36. The average Bonchev–Trinajstić information content (AvgIpc) is 2.29. The molecule has 0 amide bonds. The summed E-state index contributed by atoms with van der Waals surface area (Å²) in [6, 6.07) is 0.667. The van der Waals surface area contributed by atoms with Crippen LogP contribution in [0.3, 0.4) is 0 Å². The molecule has 1 saturated carbocycles. The van der Waals surface area contributed by atoms with Crippen LogP contribution in [0.5, 0.6) is 0 Å². The number of nitrogens with zero attached hydrogens (tertiary/aromatic N) is 2. The lowest BCUT2D eigenvalue weighted by molar-refractivity contribution is 0.301. The quantitative estimate of drug-likeness (QED) is 0.700. The minimum absolute atomic E-state index is 0.643. The molecule has 2 atom stereocenters. The first kappa shape index (κ1) is 9.28. The van der Waals surface area contributed by atoms with Gasteiger partial charge >= 0.3 is 0 Å². The SMILES string of the molecule is Cc1ncc2c(n1)[C@@H]1CCCC[C@H]1NC2. The molecule has 2 heterocycles. The first-order valence-corrected chi connectivity index (χ1v) is 5.90. The molecule has 80 valence electrons. The van der Waals surface area contributed by atoms with Gasteiger partial charge < -0.3 is 5.32 Å². The highest BCUT2D eigenvalue weighted by Gasteiger charge is 2.32. The van der Waals surface area contributed by atoms with Gasteiger partial charge in [0.1, 0.15) is 5.82 Å². The molecule has 3 rings (SSSR count). The van der Waals surface area contributed by atoms with Crippen LogP contribution in [0, 0.1) is 6.92 Å². The zero-order chi connectivity index (χ0) is 10.3. The van der Waals surface area contributed by atoms with Crippen LogP contribution in [0.4, 0.5) is 0 Å². The van der Waals surface area contributed by atoms with Gasteiger partial charge in [0.2, 0.25) is 0 Å². The molecule has 3 heteroatoms. The van der Waals surface area contributed by atoms with Gasteiger partial charge in [0.15, 0.2) is 0 Å². The van der Waals surface area contributed by atoms with E-state index in [0.29, 0.717) is 12.0 Å². The maximum atomic E-state index is 4.65. The Morgan fingerprint density at radius 2 is 2.20 bits per heavy atom. The Morgan fingerprint density at radius 1 is 1.33 bits per heavy atom. The number of aromatic nitrogens is 2. The summed E-state index contributed by atoms with van der Waals surface area (Å²) >= 11 is 0. The number of rotatable bonds is 0. The summed E-state index contributed by atoms with van der Waals surface area (Å²) in [6.45, 7) is 2.94. The second-order valence-corrected chi connectivity index (χ2v) is 4.71. The molecule has 0 spiro atoms. The van der Waals surface area contributed by atoms with E-state index in [9.17, 15) is 0 Å². The smallest absolute Gasteiger partial charge is 0.125 e. The maximum Gasteiger partial charge on any atom is 0.125 e. The molecule has 2 aliphatic rings. The van der Waals surface area contributed by atoms with Crippen LogP contribution in [0.15, 0.2) is 6.20 Å². The number of nitrogens with one attached hydrogen (secondary N) is 1. The minimum Gasteiger partial charge on any atom is -0.309 e. The van der Waals surface area contributed by atoms with Crippen molar-refractivity contribution in [2.75, 3.05) is 0 Å². The molecule has 1 aliphatic carbocycles. The van der Waals surface area contributed by atoms with E-state index in [1.807, 2.05) is 13.1 Å². The Labute approximate surface area is 90.3 Å². The van der Waals surface area contributed by atoms with Crippen LogP contribution in [0.25, 0.3) is 0 Å². The van der Waals surface area contributed by atoms with Crippen molar-refractivity contribution in [2.45, 2.75) is 51.1 Å². The topological polar surface area (TPSA) is 37.8 Å². The normalized spacial score (nSPS) is 29.4. The molecule has 0 radical (unpaired) electrons. The molecular formula is C12H17N3. The standard InChI is InChI=1S/C12H17N3/c1-8-13-6-9-7-14-11-5-3-2-4-10(11)12(9)15-8/h6,10-11,14H,2-5,7H2,1H3/t10-,11-/m1/s1. The van der Waals surface area contributed by atoms with Crippen molar-refractivity contribution in [2.24, 2.45) is 0 Å². The summed E-state index contributed by atoms with van der Waals surface area (Å²) in [7, 11) is 0. The van der Waals surface area contributed by atoms with Crippen molar-refractivity contribution < 1.29 is 0 Å². The Morgan fingerprint density at radius 3 is 3.13 bits per heavy atom. The third-order valence-corrected chi connectivity index (χ3v) is 3.69. The molecule has 0 saturated heterocycles. The third kappa shape index (κ3) is 1.55.